The fraction of sp³-hybridized carbons (Fsp3) is 0.769. The van der Waals surface area contributed by atoms with Crippen molar-refractivity contribution in [3.63, 3.8) is 0 Å². The molecule has 0 saturated heterocycles. The molecule has 1 aromatic heterocycles. The minimum atomic E-state index is 0.347. The molecule has 0 aliphatic heterocycles. The van der Waals surface area contributed by atoms with Gasteiger partial charge in [0.15, 0.2) is 0 Å². The van der Waals surface area contributed by atoms with Crippen molar-refractivity contribution in [2.75, 3.05) is 7.05 Å². The summed E-state index contributed by atoms with van der Waals surface area (Å²) in [5.74, 6) is 1.17. The lowest BCUT2D eigenvalue weighted by Gasteiger charge is -2.33. The molecule has 1 aromatic rings. The van der Waals surface area contributed by atoms with Crippen molar-refractivity contribution >= 4 is 0 Å². The Morgan fingerprint density at radius 2 is 2.19 bits per heavy atom. The molecule has 0 radical (unpaired) electrons. The van der Waals surface area contributed by atoms with Gasteiger partial charge in [0.05, 0.1) is 0 Å². The van der Waals surface area contributed by atoms with Crippen LogP contribution in [-0.4, -0.2) is 22.6 Å². The Bertz CT molecular complexity index is 315. The van der Waals surface area contributed by atoms with Gasteiger partial charge in [-0.25, -0.2) is 4.98 Å². The lowest BCUT2D eigenvalue weighted by Crippen LogP contribution is -2.40. The van der Waals surface area contributed by atoms with Crippen LogP contribution in [0.2, 0.25) is 0 Å². The average molecular weight is 223 g/mol. The van der Waals surface area contributed by atoms with Crippen LogP contribution in [0.4, 0.5) is 0 Å². The molecule has 3 nitrogen and oxygen atoms in total. The molecule has 1 heterocycles. The van der Waals surface area contributed by atoms with Crippen molar-refractivity contribution in [2.24, 2.45) is 12.5 Å². The van der Waals surface area contributed by atoms with E-state index in [1.807, 2.05) is 12.4 Å². The summed E-state index contributed by atoms with van der Waals surface area (Å²) in [6, 6.07) is 0.550. The van der Waals surface area contributed by atoms with E-state index in [1.54, 1.807) is 0 Å². The van der Waals surface area contributed by atoms with Crippen LogP contribution in [0.15, 0.2) is 12.4 Å². The van der Waals surface area contributed by atoms with E-state index in [0.717, 1.165) is 12.8 Å². The predicted molar refractivity (Wildman–Crippen MR) is 68.4 cm³/mol. The Hall–Kier alpha value is -0.830. The zero-order valence-corrected chi connectivity index (χ0v) is 11.2. The zero-order valence-electron chi connectivity index (χ0n) is 11.2. The Balaban J connectivity index is 2.56. The molecule has 0 aromatic carbocycles. The maximum atomic E-state index is 4.37. The highest BCUT2D eigenvalue weighted by Crippen LogP contribution is 2.27. The van der Waals surface area contributed by atoms with Gasteiger partial charge < -0.3 is 9.88 Å². The number of aromatic nitrogens is 2. The molecule has 1 unspecified atom stereocenters. The Kier molecular flexibility index (Phi) is 4.54. The van der Waals surface area contributed by atoms with E-state index in [-0.39, 0.29) is 0 Å². The predicted octanol–water partition coefficient (Wildman–Crippen LogP) is 2.38. The molecule has 0 aliphatic carbocycles. The van der Waals surface area contributed by atoms with E-state index in [1.165, 1.54) is 12.2 Å². The largest absolute Gasteiger partial charge is 0.338 e. The molecule has 3 heteroatoms. The van der Waals surface area contributed by atoms with Crippen LogP contribution < -0.4 is 5.32 Å². The first kappa shape index (κ1) is 13.2. The van der Waals surface area contributed by atoms with Gasteiger partial charge in [0.1, 0.15) is 5.82 Å². The highest BCUT2D eigenvalue weighted by Gasteiger charge is 2.26. The number of imidazole rings is 1. The first-order valence-electron chi connectivity index (χ1n) is 6.14. The number of nitrogens with one attached hydrogen (secondary N) is 1. The first-order valence-corrected chi connectivity index (χ1v) is 6.14. The summed E-state index contributed by atoms with van der Waals surface area (Å²) in [7, 11) is 4.11. The number of hydrogen-bond donors (Lipinski definition) is 1. The molecule has 0 fully saturated rings. The van der Waals surface area contributed by atoms with Crippen LogP contribution in [0.25, 0.3) is 0 Å². The van der Waals surface area contributed by atoms with Crippen molar-refractivity contribution in [1.82, 2.24) is 14.9 Å². The fourth-order valence-corrected chi connectivity index (χ4v) is 2.08. The third-order valence-corrected chi connectivity index (χ3v) is 3.78. The molecule has 16 heavy (non-hydrogen) atoms. The van der Waals surface area contributed by atoms with Gasteiger partial charge in [0, 0.05) is 31.9 Å². The van der Waals surface area contributed by atoms with Crippen LogP contribution >= 0.6 is 0 Å². The van der Waals surface area contributed by atoms with E-state index in [2.05, 4.69) is 49.7 Å². The quantitative estimate of drug-likeness (QED) is 0.802. The topological polar surface area (TPSA) is 29.9 Å². The third kappa shape index (κ3) is 3.08. The summed E-state index contributed by atoms with van der Waals surface area (Å²) in [4.78, 5) is 4.37. The van der Waals surface area contributed by atoms with Gasteiger partial charge in [-0.1, -0.05) is 20.8 Å². The van der Waals surface area contributed by atoms with Gasteiger partial charge in [-0.2, -0.15) is 0 Å². The zero-order chi connectivity index (χ0) is 12.2. The maximum Gasteiger partial charge on any atom is 0.108 e. The molecule has 0 bridgehead atoms. The Morgan fingerprint density at radius 3 is 2.62 bits per heavy atom. The normalized spacial score (nSPS) is 14.1. The monoisotopic (exact) mass is 223 g/mol. The highest BCUT2D eigenvalue weighted by molar-refractivity contribution is 4.93. The molecule has 0 spiro atoms. The summed E-state index contributed by atoms with van der Waals surface area (Å²) < 4.78 is 2.10. The van der Waals surface area contributed by atoms with Crippen LogP contribution in [0.1, 0.15) is 39.4 Å². The summed E-state index contributed by atoms with van der Waals surface area (Å²) in [6.45, 7) is 6.91. The van der Waals surface area contributed by atoms with Crippen LogP contribution in [0.5, 0.6) is 0 Å². The molecule has 1 N–H and O–H groups in total. The van der Waals surface area contributed by atoms with Crippen molar-refractivity contribution in [1.29, 1.82) is 0 Å². The molecule has 0 amide bonds. The van der Waals surface area contributed by atoms with E-state index >= 15 is 0 Å². The fourth-order valence-electron chi connectivity index (χ4n) is 2.08. The van der Waals surface area contributed by atoms with E-state index in [4.69, 9.17) is 0 Å². The van der Waals surface area contributed by atoms with Gasteiger partial charge in [-0.05, 0) is 25.3 Å². The van der Waals surface area contributed by atoms with E-state index < -0.39 is 0 Å². The molecule has 1 rings (SSSR count). The highest BCUT2D eigenvalue weighted by atomic mass is 15.0. The molecule has 0 saturated carbocycles. The smallest absolute Gasteiger partial charge is 0.108 e. The number of aryl methyl sites for hydroxylation is 2. The van der Waals surface area contributed by atoms with Gasteiger partial charge in [-0.3, -0.25) is 0 Å². The van der Waals surface area contributed by atoms with Crippen LogP contribution in [-0.2, 0) is 13.5 Å². The van der Waals surface area contributed by atoms with Crippen molar-refractivity contribution in [2.45, 2.75) is 46.1 Å². The minimum absolute atomic E-state index is 0.347. The van der Waals surface area contributed by atoms with E-state index in [0.29, 0.717) is 11.5 Å². The van der Waals surface area contributed by atoms with Crippen molar-refractivity contribution in [3.8, 4) is 0 Å². The molecule has 1 atom stereocenters. The van der Waals surface area contributed by atoms with Gasteiger partial charge in [0.25, 0.3) is 0 Å². The van der Waals surface area contributed by atoms with Crippen LogP contribution in [0.3, 0.4) is 0 Å². The molecule has 0 aliphatic rings. The SMILES string of the molecule is CCC(C)(C)C(CCc1nccn1C)NC. The lowest BCUT2D eigenvalue weighted by molar-refractivity contribution is 0.229. The second-order valence-electron chi connectivity index (χ2n) is 5.18. The third-order valence-electron chi connectivity index (χ3n) is 3.78. The van der Waals surface area contributed by atoms with Gasteiger partial charge in [-0.15, -0.1) is 0 Å². The van der Waals surface area contributed by atoms with Crippen molar-refractivity contribution < 1.29 is 0 Å². The number of rotatable bonds is 6. The second-order valence-corrected chi connectivity index (χ2v) is 5.18. The molecule has 92 valence electrons. The van der Waals surface area contributed by atoms with Gasteiger partial charge in [0.2, 0.25) is 0 Å². The number of nitrogens with zero attached hydrogens (tertiary/aromatic N) is 2. The van der Waals surface area contributed by atoms with E-state index in [9.17, 15) is 0 Å². The van der Waals surface area contributed by atoms with Crippen LogP contribution in [0, 0.1) is 5.41 Å². The first-order chi connectivity index (χ1) is 7.51. The lowest BCUT2D eigenvalue weighted by atomic mass is 9.80. The summed E-state index contributed by atoms with van der Waals surface area (Å²) in [5.41, 5.74) is 0.347. The Morgan fingerprint density at radius 1 is 1.50 bits per heavy atom. The van der Waals surface area contributed by atoms with Gasteiger partial charge >= 0.3 is 0 Å². The molecular formula is C13H25N3. The minimum Gasteiger partial charge on any atom is -0.338 e. The second kappa shape index (κ2) is 5.48. The summed E-state index contributed by atoms with van der Waals surface area (Å²) in [5, 5.41) is 3.44. The Labute approximate surface area is 99.3 Å². The standard InChI is InChI=1S/C13H25N3/c1-6-13(2,3)11(14-4)7-8-12-15-9-10-16(12)5/h9-11,14H,6-8H2,1-5H3. The summed E-state index contributed by atoms with van der Waals surface area (Å²) >= 11 is 0. The average Bonchev–Trinajstić information content (AvgIpc) is 2.65. The molecular weight excluding hydrogens is 198 g/mol. The number of hydrogen-bond acceptors (Lipinski definition) is 2. The maximum absolute atomic E-state index is 4.37. The summed E-state index contributed by atoms with van der Waals surface area (Å²) in [6.07, 6.45) is 7.25. The van der Waals surface area contributed by atoms with Crippen molar-refractivity contribution in [3.05, 3.63) is 18.2 Å².